The van der Waals surface area contributed by atoms with Gasteiger partial charge in [0, 0.05) is 23.0 Å². The fraction of sp³-hybridized carbons (Fsp3) is 0.400. The fourth-order valence-corrected chi connectivity index (χ4v) is 1.51. The highest BCUT2D eigenvalue weighted by Gasteiger charge is 2.05. The molecule has 0 atom stereocenters. The first-order valence-corrected chi connectivity index (χ1v) is 5.30. The number of nitrogens with zero attached hydrogens (tertiary/aromatic N) is 1. The van der Waals surface area contributed by atoms with Crippen LogP contribution in [0.3, 0.4) is 0 Å². The van der Waals surface area contributed by atoms with Crippen LogP contribution in [0.1, 0.15) is 5.56 Å². The van der Waals surface area contributed by atoms with E-state index in [1.807, 2.05) is 25.2 Å². The molecule has 78 valence electrons. The third kappa shape index (κ3) is 3.08. The highest BCUT2D eigenvalue weighted by Crippen LogP contribution is 2.23. The molecule has 0 radical (unpaired) electrons. The highest BCUT2D eigenvalue weighted by atomic mass is 35.5. The molecule has 2 nitrogen and oxygen atoms in total. The fourth-order valence-electron chi connectivity index (χ4n) is 1.21. The first-order chi connectivity index (χ1) is 6.67. The SMILES string of the molecule is COc1ccc(Cl)cc1CN(C)CS. The van der Waals surface area contributed by atoms with Crippen molar-refractivity contribution in [2.24, 2.45) is 0 Å². The third-order valence-corrected chi connectivity index (χ3v) is 2.64. The summed E-state index contributed by atoms with van der Waals surface area (Å²) in [6.45, 7) is 0.785. The molecule has 4 heteroatoms. The van der Waals surface area contributed by atoms with Gasteiger partial charge in [-0.25, -0.2) is 0 Å². The molecule has 0 aromatic heterocycles. The van der Waals surface area contributed by atoms with Gasteiger partial charge in [-0.2, -0.15) is 12.6 Å². The summed E-state index contributed by atoms with van der Waals surface area (Å²) in [5, 5.41) is 0.730. The van der Waals surface area contributed by atoms with Crippen LogP contribution in [0.25, 0.3) is 0 Å². The van der Waals surface area contributed by atoms with E-state index < -0.39 is 0 Å². The largest absolute Gasteiger partial charge is 0.496 e. The van der Waals surface area contributed by atoms with E-state index in [1.165, 1.54) is 0 Å². The number of hydrogen-bond donors (Lipinski definition) is 1. The minimum atomic E-state index is 0.704. The van der Waals surface area contributed by atoms with Crippen molar-refractivity contribution >= 4 is 24.2 Å². The molecule has 0 fully saturated rings. The lowest BCUT2D eigenvalue weighted by atomic mass is 10.2. The Balaban J connectivity index is 2.87. The summed E-state index contributed by atoms with van der Waals surface area (Å²) < 4.78 is 5.24. The van der Waals surface area contributed by atoms with Gasteiger partial charge in [-0.15, -0.1) is 0 Å². The lowest BCUT2D eigenvalue weighted by Gasteiger charge is -2.15. The van der Waals surface area contributed by atoms with Crippen LogP contribution in [0, 0.1) is 0 Å². The van der Waals surface area contributed by atoms with Crippen LogP contribution in [0.4, 0.5) is 0 Å². The molecule has 0 amide bonds. The molecular weight excluding hydrogens is 218 g/mol. The van der Waals surface area contributed by atoms with Crippen LogP contribution in [0.5, 0.6) is 5.75 Å². The lowest BCUT2D eigenvalue weighted by molar-refractivity contribution is 0.363. The van der Waals surface area contributed by atoms with Crippen LogP contribution in [0.15, 0.2) is 18.2 Å². The van der Waals surface area contributed by atoms with Gasteiger partial charge in [0.05, 0.1) is 7.11 Å². The van der Waals surface area contributed by atoms with E-state index in [4.69, 9.17) is 16.3 Å². The first kappa shape index (κ1) is 11.7. The Hall–Kier alpha value is -0.380. The number of rotatable bonds is 4. The second kappa shape index (κ2) is 5.49. The van der Waals surface area contributed by atoms with E-state index in [-0.39, 0.29) is 0 Å². The predicted octanol–water partition coefficient (Wildman–Crippen LogP) is 2.67. The first-order valence-electron chi connectivity index (χ1n) is 4.29. The molecule has 0 aliphatic heterocycles. The van der Waals surface area contributed by atoms with Crippen LogP contribution in [0.2, 0.25) is 5.02 Å². The monoisotopic (exact) mass is 231 g/mol. The minimum Gasteiger partial charge on any atom is -0.496 e. The number of thiol groups is 1. The van der Waals surface area contributed by atoms with Gasteiger partial charge in [0.1, 0.15) is 5.75 Å². The van der Waals surface area contributed by atoms with Gasteiger partial charge in [-0.1, -0.05) is 11.6 Å². The minimum absolute atomic E-state index is 0.704. The number of methoxy groups -OCH3 is 1. The standard InChI is InChI=1S/C10H14ClNOS/c1-12(7-14)6-8-5-9(11)3-4-10(8)13-2/h3-5,14H,6-7H2,1-2H3. The molecule has 1 aromatic rings. The Bertz CT molecular complexity index is 306. The number of benzene rings is 1. The Kier molecular flexibility index (Phi) is 4.58. The van der Waals surface area contributed by atoms with Crippen molar-refractivity contribution in [3.63, 3.8) is 0 Å². The maximum absolute atomic E-state index is 5.91. The summed E-state index contributed by atoms with van der Waals surface area (Å²) in [6, 6.07) is 5.62. The molecule has 0 aliphatic carbocycles. The average Bonchev–Trinajstić information content (AvgIpc) is 2.18. The van der Waals surface area contributed by atoms with Crippen LogP contribution in [-0.4, -0.2) is 24.9 Å². The average molecular weight is 232 g/mol. The number of hydrogen-bond acceptors (Lipinski definition) is 3. The summed E-state index contributed by atoms with van der Waals surface area (Å²) >= 11 is 10.1. The van der Waals surface area contributed by atoms with E-state index >= 15 is 0 Å². The second-order valence-electron chi connectivity index (χ2n) is 3.11. The van der Waals surface area contributed by atoms with Gasteiger partial charge in [0.15, 0.2) is 0 Å². The maximum atomic E-state index is 5.91. The molecule has 1 rings (SSSR count). The zero-order chi connectivity index (χ0) is 10.6. The Morgan fingerprint density at radius 1 is 1.50 bits per heavy atom. The molecule has 1 aromatic carbocycles. The maximum Gasteiger partial charge on any atom is 0.123 e. The van der Waals surface area contributed by atoms with Crippen LogP contribution < -0.4 is 4.74 Å². The molecule has 0 unspecified atom stereocenters. The van der Waals surface area contributed by atoms with E-state index in [2.05, 4.69) is 17.5 Å². The molecule has 0 aliphatic rings. The molecule has 14 heavy (non-hydrogen) atoms. The van der Waals surface area contributed by atoms with Gasteiger partial charge in [0.25, 0.3) is 0 Å². The molecule has 0 saturated carbocycles. The van der Waals surface area contributed by atoms with Crippen molar-refractivity contribution in [3.05, 3.63) is 28.8 Å². The van der Waals surface area contributed by atoms with Gasteiger partial charge < -0.3 is 4.74 Å². The Morgan fingerprint density at radius 3 is 2.79 bits per heavy atom. The van der Waals surface area contributed by atoms with E-state index in [1.54, 1.807) is 7.11 Å². The van der Waals surface area contributed by atoms with Crippen molar-refractivity contribution in [2.75, 3.05) is 20.0 Å². The van der Waals surface area contributed by atoms with Gasteiger partial charge in [0.2, 0.25) is 0 Å². The van der Waals surface area contributed by atoms with Crippen molar-refractivity contribution in [3.8, 4) is 5.75 Å². The zero-order valence-electron chi connectivity index (χ0n) is 8.33. The second-order valence-corrected chi connectivity index (χ2v) is 3.83. The molecular formula is C10H14ClNOS. The lowest BCUT2D eigenvalue weighted by Crippen LogP contribution is -2.15. The predicted molar refractivity (Wildman–Crippen MR) is 63.3 cm³/mol. The number of ether oxygens (including phenoxy) is 1. The molecule has 0 spiro atoms. The molecule has 0 saturated heterocycles. The van der Waals surface area contributed by atoms with Gasteiger partial charge in [-0.05, 0) is 25.2 Å². The van der Waals surface area contributed by atoms with E-state index in [9.17, 15) is 0 Å². The van der Waals surface area contributed by atoms with Crippen molar-refractivity contribution in [2.45, 2.75) is 6.54 Å². The van der Waals surface area contributed by atoms with Crippen molar-refractivity contribution in [1.82, 2.24) is 4.90 Å². The third-order valence-electron chi connectivity index (χ3n) is 1.92. The van der Waals surface area contributed by atoms with Crippen LogP contribution in [-0.2, 0) is 6.54 Å². The van der Waals surface area contributed by atoms with Gasteiger partial charge in [-0.3, -0.25) is 4.90 Å². The summed E-state index contributed by atoms with van der Waals surface area (Å²) in [4.78, 5) is 2.07. The number of halogens is 1. The zero-order valence-corrected chi connectivity index (χ0v) is 9.98. The van der Waals surface area contributed by atoms with E-state index in [0.717, 1.165) is 22.9 Å². The molecule has 0 bridgehead atoms. The van der Waals surface area contributed by atoms with Gasteiger partial charge >= 0.3 is 0 Å². The van der Waals surface area contributed by atoms with Crippen molar-refractivity contribution in [1.29, 1.82) is 0 Å². The highest BCUT2D eigenvalue weighted by molar-refractivity contribution is 7.80. The summed E-state index contributed by atoms with van der Waals surface area (Å²) in [5.41, 5.74) is 1.08. The Labute approximate surface area is 95.2 Å². The molecule has 0 N–H and O–H groups in total. The van der Waals surface area contributed by atoms with Crippen molar-refractivity contribution < 1.29 is 4.74 Å². The summed E-state index contributed by atoms with van der Waals surface area (Å²) in [5.74, 6) is 1.57. The van der Waals surface area contributed by atoms with E-state index in [0.29, 0.717) is 5.88 Å². The quantitative estimate of drug-likeness (QED) is 0.632. The summed E-state index contributed by atoms with van der Waals surface area (Å²) in [7, 11) is 3.65. The normalized spacial score (nSPS) is 10.6. The van der Waals surface area contributed by atoms with Crippen LogP contribution >= 0.6 is 24.2 Å². The smallest absolute Gasteiger partial charge is 0.123 e. The summed E-state index contributed by atoms with van der Waals surface area (Å²) in [6.07, 6.45) is 0. The topological polar surface area (TPSA) is 12.5 Å². The molecule has 0 heterocycles. The Morgan fingerprint density at radius 2 is 2.21 bits per heavy atom.